The SMILES string of the molecule is CCCCC/C=C\C/C=C\CCCCCCCC(=O)OC(COCCCCCCCCCCCCCCCCCCCCCCCCCCC)COC1OC(CO)C(O)C(OS(=O)(=O)O)C1O. The number of hydrogen-bond donors (Lipinski definition) is 4. The van der Waals surface area contributed by atoms with Crippen molar-refractivity contribution >= 4 is 16.4 Å². The Bertz CT molecular complexity index is 1260. The molecule has 1 fully saturated rings. The van der Waals surface area contributed by atoms with Crippen LogP contribution in [0.5, 0.6) is 0 Å². The summed E-state index contributed by atoms with van der Waals surface area (Å²) in [5, 5.41) is 30.8. The van der Waals surface area contributed by atoms with Gasteiger partial charge in [-0.15, -0.1) is 0 Å². The molecule has 1 heterocycles. The van der Waals surface area contributed by atoms with Gasteiger partial charge in [0.15, 0.2) is 6.29 Å². The second-order valence-corrected chi connectivity index (χ2v) is 20.2. The van der Waals surface area contributed by atoms with Crippen molar-refractivity contribution in [1.82, 2.24) is 0 Å². The fourth-order valence-electron chi connectivity index (χ4n) is 8.65. The highest BCUT2D eigenvalue weighted by Crippen LogP contribution is 2.26. The van der Waals surface area contributed by atoms with Crippen molar-refractivity contribution in [1.29, 1.82) is 0 Å². The molecule has 0 radical (unpaired) electrons. The van der Waals surface area contributed by atoms with Crippen LogP contribution in [0.3, 0.4) is 0 Å². The number of carbonyl (C=O) groups is 1. The molecule has 0 bridgehead atoms. The van der Waals surface area contributed by atoms with E-state index in [0.29, 0.717) is 13.0 Å². The first-order valence-electron chi connectivity index (χ1n) is 27.6. The van der Waals surface area contributed by atoms with E-state index >= 15 is 0 Å². The van der Waals surface area contributed by atoms with Crippen LogP contribution in [0.2, 0.25) is 0 Å². The van der Waals surface area contributed by atoms with Gasteiger partial charge in [-0.2, -0.15) is 8.42 Å². The number of allylic oxidation sites excluding steroid dienone is 4. The number of esters is 1. The lowest BCUT2D eigenvalue weighted by Gasteiger charge is -2.41. The second kappa shape index (κ2) is 45.7. The number of hydrogen-bond acceptors (Lipinski definition) is 11. The van der Waals surface area contributed by atoms with Gasteiger partial charge in [-0.05, 0) is 44.9 Å². The quantitative estimate of drug-likeness (QED) is 0.0197. The van der Waals surface area contributed by atoms with Gasteiger partial charge in [0.25, 0.3) is 0 Å². The third-order valence-electron chi connectivity index (χ3n) is 12.8. The molecule has 0 aromatic carbocycles. The minimum atomic E-state index is -5.07. The fourth-order valence-corrected chi connectivity index (χ4v) is 9.16. The largest absolute Gasteiger partial charge is 0.457 e. The molecule has 4 N–H and O–H groups in total. The minimum Gasteiger partial charge on any atom is -0.457 e. The second-order valence-electron chi connectivity index (χ2n) is 19.2. The van der Waals surface area contributed by atoms with Gasteiger partial charge in [-0.25, -0.2) is 4.18 Å². The van der Waals surface area contributed by atoms with E-state index in [2.05, 4.69) is 42.3 Å². The molecule has 12 nitrogen and oxygen atoms in total. The first-order chi connectivity index (χ1) is 32.6. The summed E-state index contributed by atoms with van der Waals surface area (Å²) in [7, 11) is -5.07. The molecule has 1 aliphatic rings. The highest BCUT2D eigenvalue weighted by molar-refractivity contribution is 7.80. The standard InChI is InChI=1S/C54H102O12S/c1-3-5-7-9-11-13-15-17-19-20-21-22-23-24-25-26-27-28-30-32-34-36-38-40-42-44-62-46-48(47-63-54-52(58)53(66-67(59,60)61)51(57)49(45-55)65-54)64-50(56)43-41-39-37-35-33-31-29-18-16-14-12-10-8-6-4-2/h12,14,18,29,48-49,51-55,57-58H,3-11,13,15-17,19-28,30-47H2,1-2H3,(H,59,60,61)/b14-12-,29-18-. The number of aliphatic hydroxyl groups excluding tert-OH is 3. The van der Waals surface area contributed by atoms with Gasteiger partial charge in [0, 0.05) is 13.0 Å². The van der Waals surface area contributed by atoms with Crippen LogP contribution < -0.4 is 0 Å². The number of aliphatic hydroxyl groups is 3. The summed E-state index contributed by atoms with van der Waals surface area (Å²) >= 11 is 0. The van der Waals surface area contributed by atoms with Crippen molar-refractivity contribution in [2.75, 3.05) is 26.4 Å². The predicted octanol–water partition coefficient (Wildman–Crippen LogP) is 13.1. The lowest BCUT2D eigenvalue weighted by molar-refractivity contribution is -0.301. The lowest BCUT2D eigenvalue weighted by Crippen LogP contribution is -2.60. The Morgan fingerprint density at radius 1 is 0.567 bits per heavy atom. The van der Waals surface area contributed by atoms with Gasteiger partial charge in [0.05, 0.1) is 19.8 Å². The Kier molecular flexibility index (Phi) is 43.4. The summed E-state index contributed by atoms with van der Waals surface area (Å²) in [5.74, 6) is -0.408. The summed E-state index contributed by atoms with van der Waals surface area (Å²) in [4.78, 5) is 12.9. The molecule has 6 unspecified atom stereocenters. The van der Waals surface area contributed by atoms with Crippen molar-refractivity contribution in [3.05, 3.63) is 24.3 Å². The van der Waals surface area contributed by atoms with Gasteiger partial charge in [-0.3, -0.25) is 9.35 Å². The van der Waals surface area contributed by atoms with E-state index in [1.54, 1.807) is 0 Å². The smallest absolute Gasteiger partial charge is 0.397 e. The summed E-state index contributed by atoms with van der Waals surface area (Å²) in [5.41, 5.74) is 0. The summed E-state index contributed by atoms with van der Waals surface area (Å²) < 4.78 is 59.3. The van der Waals surface area contributed by atoms with Crippen molar-refractivity contribution in [3.63, 3.8) is 0 Å². The van der Waals surface area contributed by atoms with E-state index in [9.17, 15) is 33.1 Å². The maximum atomic E-state index is 12.9. The van der Waals surface area contributed by atoms with Crippen LogP contribution in [0.25, 0.3) is 0 Å². The average Bonchev–Trinajstić information content (AvgIpc) is 3.30. The molecule has 0 spiro atoms. The summed E-state index contributed by atoms with van der Waals surface area (Å²) in [6.07, 6.45) is 45.1. The maximum absolute atomic E-state index is 12.9. The molecule has 0 aromatic heterocycles. The Hall–Kier alpha value is -1.42. The zero-order valence-electron chi connectivity index (χ0n) is 42.7. The summed E-state index contributed by atoms with van der Waals surface area (Å²) in [6.45, 7) is 4.00. The van der Waals surface area contributed by atoms with Crippen molar-refractivity contribution < 1.29 is 56.2 Å². The molecule has 0 aromatic rings. The third kappa shape index (κ3) is 39.0. The molecule has 13 heteroatoms. The van der Waals surface area contributed by atoms with Crippen LogP contribution in [0.1, 0.15) is 251 Å². The normalized spacial score (nSPS) is 19.5. The van der Waals surface area contributed by atoms with Crippen LogP contribution in [-0.4, -0.2) is 97.5 Å². The van der Waals surface area contributed by atoms with Gasteiger partial charge >= 0.3 is 16.4 Å². The molecule has 0 amide bonds. The molecule has 0 aliphatic carbocycles. The lowest BCUT2D eigenvalue weighted by atomic mass is 9.99. The van der Waals surface area contributed by atoms with Gasteiger partial charge in [0.1, 0.15) is 30.5 Å². The molecule has 1 saturated heterocycles. The van der Waals surface area contributed by atoms with Crippen LogP contribution in [0.4, 0.5) is 0 Å². The first kappa shape index (κ1) is 63.6. The van der Waals surface area contributed by atoms with E-state index in [-0.39, 0.29) is 19.6 Å². The Labute approximate surface area is 410 Å². The zero-order chi connectivity index (χ0) is 48.9. The molecule has 396 valence electrons. The molecular formula is C54H102O12S. The van der Waals surface area contributed by atoms with Crippen molar-refractivity contribution in [3.8, 4) is 0 Å². The van der Waals surface area contributed by atoms with Crippen molar-refractivity contribution in [2.45, 2.75) is 288 Å². The monoisotopic (exact) mass is 975 g/mol. The predicted molar refractivity (Wildman–Crippen MR) is 271 cm³/mol. The molecule has 0 saturated carbocycles. The fraction of sp³-hybridized carbons (Fsp3) is 0.907. The Morgan fingerprint density at radius 3 is 1.45 bits per heavy atom. The highest BCUT2D eigenvalue weighted by Gasteiger charge is 2.48. The van der Waals surface area contributed by atoms with Crippen molar-refractivity contribution in [2.24, 2.45) is 0 Å². The molecule has 67 heavy (non-hydrogen) atoms. The molecule has 1 rings (SSSR count). The minimum absolute atomic E-state index is 0.0348. The van der Waals surface area contributed by atoms with Crippen LogP contribution in [0, 0.1) is 0 Å². The molecule has 6 atom stereocenters. The maximum Gasteiger partial charge on any atom is 0.397 e. The molecular weight excluding hydrogens is 873 g/mol. The van der Waals surface area contributed by atoms with Crippen LogP contribution in [-0.2, 0) is 38.3 Å². The van der Waals surface area contributed by atoms with E-state index in [1.165, 1.54) is 161 Å². The number of rotatable bonds is 49. The summed E-state index contributed by atoms with van der Waals surface area (Å²) in [6, 6.07) is 0. The van der Waals surface area contributed by atoms with Gasteiger partial charge < -0.3 is 34.3 Å². The Morgan fingerprint density at radius 2 is 0.985 bits per heavy atom. The number of unbranched alkanes of at least 4 members (excludes halogenated alkanes) is 32. The van der Waals surface area contributed by atoms with E-state index in [4.69, 9.17) is 18.9 Å². The van der Waals surface area contributed by atoms with Gasteiger partial charge in [0.2, 0.25) is 0 Å². The Balaban J connectivity index is 2.28. The van der Waals surface area contributed by atoms with E-state index in [0.717, 1.165) is 64.2 Å². The third-order valence-corrected chi connectivity index (χ3v) is 13.3. The number of ether oxygens (including phenoxy) is 4. The zero-order valence-corrected chi connectivity index (χ0v) is 43.5. The van der Waals surface area contributed by atoms with Crippen LogP contribution >= 0.6 is 0 Å². The van der Waals surface area contributed by atoms with E-state index in [1.807, 2.05) is 0 Å². The molecule has 1 aliphatic heterocycles. The van der Waals surface area contributed by atoms with E-state index < -0.39 is 59.8 Å². The number of carbonyl (C=O) groups excluding carboxylic acids is 1. The van der Waals surface area contributed by atoms with Crippen LogP contribution in [0.15, 0.2) is 24.3 Å². The van der Waals surface area contributed by atoms with Gasteiger partial charge in [-0.1, -0.05) is 224 Å². The highest BCUT2D eigenvalue weighted by atomic mass is 32.3. The average molecular weight is 975 g/mol. The first-order valence-corrected chi connectivity index (χ1v) is 29.0. The topological polar surface area (TPSA) is 178 Å².